The Hall–Kier alpha value is -0.930. The smallest absolute Gasteiger partial charge is 0.0671 e. The molecule has 0 saturated heterocycles. The van der Waals surface area contributed by atoms with Gasteiger partial charge in [-0.15, -0.1) is 0 Å². The van der Waals surface area contributed by atoms with Crippen molar-refractivity contribution in [2.24, 2.45) is 0 Å². The monoisotopic (exact) mass is 194 g/mol. The minimum atomic E-state index is 0.279. The lowest BCUT2D eigenvalue weighted by Gasteiger charge is -2.12. The van der Waals surface area contributed by atoms with Crippen molar-refractivity contribution >= 4 is 0 Å². The first-order valence-corrected chi connectivity index (χ1v) is 5.04. The molecule has 0 fully saturated rings. The molecule has 1 rings (SSSR count). The number of hydrogen-bond donors (Lipinski definition) is 1. The number of ether oxygens (including phenoxy) is 1. The number of nitrogens with zero attached hydrogens (tertiary/aromatic N) is 1. The van der Waals surface area contributed by atoms with Crippen LogP contribution in [-0.2, 0) is 11.3 Å². The second-order valence-corrected chi connectivity index (χ2v) is 3.25. The van der Waals surface area contributed by atoms with E-state index in [1.54, 1.807) is 0 Å². The van der Waals surface area contributed by atoms with Crippen molar-refractivity contribution in [2.45, 2.75) is 26.5 Å². The molecule has 1 unspecified atom stereocenters. The first-order chi connectivity index (χ1) is 6.83. The topological polar surface area (TPSA) is 34.1 Å². The van der Waals surface area contributed by atoms with E-state index < -0.39 is 0 Å². The van der Waals surface area contributed by atoms with Crippen molar-refractivity contribution in [3.05, 3.63) is 30.1 Å². The van der Waals surface area contributed by atoms with Gasteiger partial charge in [0.1, 0.15) is 0 Å². The third kappa shape index (κ3) is 4.35. The van der Waals surface area contributed by atoms with E-state index in [4.69, 9.17) is 4.74 Å². The molecular formula is C11H18N2O. The Labute approximate surface area is 85.5 Å². The maximum atomic E-state index is 5.40. The summed E-state index contributed by atoms with van der Waals surface area (Å²) in [5, 5.41) is 3.33. The lowest BCUT2D eigenvalue weighted by molar-refractivity contribution is 0.0759. The van der Waals surface area contributed by atoms with E-state index >= 15 is 0 Å². The Bertz CT molecular complexity index is 238. The molecule has 0 radical (unpaired) electrons. The van der Waals surface area contributed by atoms with Gasteiger partial charge in [0.05, 0.1) is 6.10 Å². The highest BCUT2D eigenvalue weighted by Gasteiger charge is 1.99. The van der Waals surface area contributed by atoms with Crippen LogP contribution in [0.4, 0.5) is 0 Å². The second kappa shape index (κ2) is 6.51. The fourth-order valence-electron chi connectivity index (χ4n) is 1.26. The van der Waals surface area contributed by atoms with E-state index in [1.807, 2.05) is 31.5 Å². The molecule has 0 aliphatic rings. The summed E-state index contributed by atoms with van der Waals surface area (Å²) < 4.78 is 5.40. The summed E-state index contributed by atoms with van der Waals surface area (Å²) in [5.74, 6) is 0. The zero-order chi connectivity index (χ0) is 10.2. The molecule has 0 bridgehead atoms. The number of pyridine rings is 1. The number of rotatable bonds is 6. The lowest BCUT2D eigenvalue weighted by atomic mass is 10.2. The zero-order valence-corrected chi connectivity index (χ0v) is 8.86. The van der Waals surface area contributed by atoms with E-state index in [0.717, 1.165) is 19.7 Å². The number of hydrogen-bond acceptors (Lipinski definition) is 3. The molecule has 1 atom stereocenters. The van der Waals surface area contributed by atoms with Crippen LogP contribution in [0.2, 0.25) is 0 Å². The molecule has 0 saturated carbocycles. The van der Waals surface area contributed by atoms with Crippen molar-refractivity contribution in [1.82, 2.24) is 10.3 Å². The molecular weight excluding hydrogens is 176 g/mol. The largest absolute Gasteiger partial charge is 0.377 e. The average molecular weight is 194 g/mol. The van der Waals surface area contributed by atoms with Crippen LogP contribution in [0.1, 0.15) is 19.4 Å². The van der Waals surface area contributed by atoms with E-state index in [0.29, 0.717) is 0 Å². The lowest BCUT2D eigenvalue weighted by Crippen LogP contribution is -2.26. The van der Waals surface area contributed by atoms with Gasteiger partial charge in [-0.2, -0.15) is 0 Å². The van der Waals surface area contributed by atoms with Gasteiger partial charge in [-0.3, -0.25) is 4.98 Å². The van der Waals surface area contributed by atoms with Gasteiger partial charge in [-0.25, -0.2) is 0 Å². The third-order valence-electron chi connectivity index (χ3n) is 1.96. The highest BCUT2D eigenvalue weighted by Crippen LogP contribution is 1.95. The minimum Gasteiger partial charge on any atom is -0.377 e. The molecule has 0 aromatic carbocycles. The highest BCUT2D eigenvalue weighted by molar-refractivity contribution is 5.08. The molecule has 3 heteroatoms. The molecule has 1 aromatic rings. The minimum absolute atomic E-state index is 0.279. The summed E-state index contributed by atoms with van der Waals surface area (Å²) in [6.07, 6.45) is 3.90. The molecule has 78 valence electrons. The SMILES string of the molecule is CCOC(C)CNCc1ccncc1. The Morgan fingerprint density at radius 1 is 1.43 bits per heavy atom. The normalized spacial score (nSPS) is 12.7. The van der Waals surface area contributed by atoms with Crippen molar-refractivity contribution in [3.63, 3.8) is 0 Å². The predicted octanol–water partition coefficient (Wildman–Crippen LogP) is 1.60. The maximum Gasteiger partial charge on any atom is 0.0671 e. The van der Waals surface area contributed by atoms with Crippen molar-refractivity contribution in [1.29, 1.82) is 0 Å². The Balaban J connectivity index is 2.16. The van der Waals surface area contributed by atoms with Crippen LogP contribution in [0.5, 0.6) is 0 Å². The van der Waals surface area contributed by atoms with Crippen molar-refractivity contribution in [2.75, 3.05) is 13.2 Å². The summed E-state index contributed by atoms with van der Waals surface area (Å²) in [4.78, 5) is 3.97. The first kappa shape index (κ1) is 11.1. The van der Waals surface area contributed by atoms with Gasteiger partial charge in [0.2, 0.25) is 0 Å². The van der Waals surface area contributed by atoms with Crippen LogP contribution in [-0.4, -0.2) is 24.2 Å². The fourth-order valence-corrected chi connectivity index (χ4v) is 1.26. The summed E-state index contributed by atoms with van der Waals surface area (Å²) in [6.45, 7) is 6.62. The molecule has 3 nitrogen and oxygen atoms in total. The molecule has 0 aliphatic heterocycles. The molecule has 0 amide bonds. The Morgan fingerprint density at radius 3 is 2.79 bits per heavy atom. The standard InChI is InChI=1S/C11H18N2O/c1-3-14-10(2)8-13-9-11-4-6-12-7-5-11/h4-7,10,13H,3,8-9H2,1-2H3. The molecule has 1 aromatic heterocycles. The molecule has 14 heavy (non-hydrogen) atoms. The summed E-state index contributed by atoms with van der Waals surface area (Å²) in [7, 11) is 0. The van der Waals surface area contributed by atoms with Gasteiger partial charge >= 0.3 is 0 Å². The van der Waals surface area contributed by atoms with Gasteiger partial charge in [-0.1, -0.05) is 0 Å². The van der Waals surface area contributed by atoms with Crippen LogP contribution in [0.3, 0.4) is 0 Å². The maximum absolute atomic E-state index is 5.40. The van der Waals surface area contributed by atoms with Crippen LogP contribution >= 0.6 is 0 Å². The zero-order valence-electron chi connectivity index (χ0n) is 8.86. The van der Waals surface area contributed by atoms with Gasteiger partial charge < -0.3 is 10.1 Å². The quantitative estimate of drug-likeness (QED) is 0.747. The fraction of sp³-hybridized carbons (Fsp3) is 0.545. The summed E-state index contributed by atoms with van der Waals surface area (Å²) >= 11 is 0. The van der Waals surface area contributed by atoms with Gasteiger partial charge in [0.15, 0.2) is 0 Å². The highest BCUT2D eigenvalue weighted by atomic mass is 16.5. The molecule has 1 N–H and O–H groups in total. The average Bonchev–Trinajstić information content (AvgIpc) is 2.20. The van der Waals surface area contributed by atoms with Gasteiger partial charge in [0.25, 0.3) is 0 Å². The summed E-state index contributed by atoms with van der Waals surface area (Å²) in [6, 6.07) is 4.02. The Kier molecular flexibility index (Phi) is 5.19. The van der Waals surface area contributed by atoms with Crippen molar-refractivity contribution in [3.8, 4) is 0 Å². The first-order valence-electron chi connectivity index (χ1n) is 5.04. The van der Waals surface area contributed by atoms with Crippen LogP contribution in [0.15, 0.2) is 24.5 Å². The van der Waals surface area contributed by atoms with E-state index in [2.05, 4.69) is 17.2 Å². The summed E-state index contributed by atoms with van der Waals surface area (Å²) in [5.41, 5.74) is 1.25. The third-order valence-corrected chi connectivity index (χ3v) is 1.96. The van der Waals surface area contributed by atoms with Crippen LogP contribution in [0, 0.1) is 0 Å². The molecule has 0 aliphatic carbocycles. The van der Waals surface area contributed by atoms with Gasteiger partial charge in [-0.05, 0) is 31.5 Å². The van der Waals surface area contributed by atoms with Crippen molar-refractivity contribution < 1.29 is 4.74 Å². The molecule has 1 heterocycles. The molecule has 0 spiro atoms. The van der Waals surface area contributed by atoms with Crippen LogP contribution in [0.25, 0.3) is 0 Å². The van der Waals surface area contributed by atoms with Crippen LogP contribution < -0.4 is 5.32 Å². The van der Waals surface area contributed by atoms with E-state index in [-0.39, 0.29) is 6.10 Å². The van der Waals surface area contributed by atoms with Gasteiger partial charge in [0, 0.05) is 32.1 Å². The Morgan fingerprint density at radius 2 is 2.14 bits per heavy atom. The second-order valence-electron chi connectivity index (χ2n) is 3.25. The predicted molar refractivity (Wildman–Crippen MR) is 57.0 cm³/mol. The number of nitrogens with one attached hydrogen (secondary N) is 1. The van der Waals surface area contributed by atoms with E-state index in [9.17, 15) is 0 Å². The number of aromatic nitrogens is 1. The van der Waals surface area contributed by atoms with E-state index in [1.165, 1.54) is 5.56 Å².